The predicted molar refractivity (Wildman–Crippen MR) is 111 cm³/mol. The summed E-state index contributed by atoms with van der Waals surface area (Å²) in [6.07, 6.45) is 0.890. The number of furan rings is 1. The number of hydrogen-bond donors (Lipinski definition) is 0. The van der Waals surface area contributed by atoms with E-state index in [-0.39, 0.29) is 10.8 Å². The first kappa shape index (κ1) is 17.3. The molecule has 3 heteroatoms. The summed E-state index contributed by atoms with van der Waals surface area (Å²) in [6.45, 7) is 11.1. The average Bonchev–Trinajstić information content (AvgIpc) is 3.18. The molecule has 0 unspecified atom stereocenters. The molecule has 0 aliphatic carbocycles. The largest absolute Gasteiger partial charge is 0.442 e. The molecule has 0 spiro atoms. The Balaban J connectivity index is 1.66. The lowest BCUT2D eigenvalue weighted by Crippen LogP contribution is -2.19. The normalized spacial score (nSPS) is 13.0. The van der Waals surface area contributed by atoms with E-state index >= 15 is 0 Å². The molecule has 0 N–H and O–H groups in total. The Kier molecular flexibility index (Phi) is 3.96. The van der Waals surface area contributed by atoms with Crippen LogP contribution in [0.3, 0.4) is 0 Å². The summed E-state index contributed by atoms with van der Waals surface area (Å²) < 4.78 is 7.38. The molecule has 0 amide bonds. The van der Waals surface area contributed by atoms with Crippen LogP contribution in [0.5, 0.6) is 0 Å². The number of rotatable bonds is 3. The second-order valence-electron chi connectivity index (χ2n) is 8.77. The van der Waals surface area contributed by atoms with Gasteiger partial charge in [-0.3, -0.25) is 0 Å². The molecule has 2 nitrogen and oxygen atoms in total. The molecule has 0 bridgehead atoms. The fourth-order valence-corrected chi connectivity index (χ4v) is 4.44. The van der Waals surface area contributed by atoms with E-state index in [1.165, 1.54) is 15.0 Å². The summed E-state index contributed by atoms with van der Waals surface area (Å²) >= 11 is 1.88. The molecule has 134 valence electrons. The Morgan fingerprint density at radius 2 is 1.69 bits per heavy atom. The number of thiophene rings is 1. The van der Waals surface area contributed by atoms with Crippen LogP contribution in [0.25, 0.3) is 21.2 Å². The lowest BCUT2D eigenvalue weighted by molar-refractivity contribution is 0.425. The number of aromatic nitrogens is 1. The highest BCUT2D eigenvalue weighted by atomic mass is 32.1. The molecular formula is C23H25NOS. The van der Waals surface area contributed by atoms with Crippen LogP contribution in [0.2, 0.25) is 0 Å². The first-order chi connectivity index (χ1) is 12.2. The Morgan fingerprint density at radius 3 is 2.42 bits per heavy atom. The van der Waals surface area contributed by atoms with E-state index in [0.29, 0.717) is 0 Å². The standard InChI is InChI=1S/C23H25NOS/c1-22(2,3)19-12-16-10-11-17(24-21(16)25-19)14-23(4,5)20-13-15-8-6-7-9-18(15)26-20/h6-13H,14H2,1-5H3. The molecule has 0 fully saturated rings. The van der Waals surface area contributed by atoms with Crippen molar-refractivity contribution in [2.75, 3.05) is 0 Å². The fraction of sp³-hybridized carbons (Fsp3) is 0.348. The summed E-state index contributed by atoms with van der Waals surface area (Å²) in [5.74, 6) is 0.987. The van der Waals surface area contributed by atoms with Gasteiger partial charge < -0.3 is 4.42 Å². The van der Waals surface area contributed by atoms with Gasteiger partial charge in [0.25, 0.3) is 0 Å². The number of nitrogens with zero attached hydrogens (tertiary/aromatic N) is 1. The third kappa shape index (κ3) is 3.16. The Labute approximate surface area is 158 Å². The predicted octanol–water partition coefficient (Wildman–Crippen LogP) is 6.86. The van der Waals surface area contributed by atoms with Gasteiger partial charge in [-0.1, -0.05) is 52.8 Å². The van der Waals surface area contributed by atoms with E-state index in [2.05, 4.69) is 83.1 Å². The molecule has 0 saturated carbocycles. The average molecular weight is 364 g/mol. The maximum atomic E-state index is 6.03. The van der Waals surface area contributed by atoms with Gasteiger partial charge in [0.05, 0.1) is 0 Å². The molecule has 0 radical (unpaired) electrons. The summed E-state index contributed by atoms with van der Waals surface area (Å²) in [7, 11) is 0. The number of hydrogen-bond acceptors (Lipinski definition) is 3. The molecule has 26 heavy (non-hydrogen) atoms. The van der Waals surface area contributed by atoms with Crippen LogP contribution < -0.4 is 0 Å². The molecule has 4 aromatic rings. The number of benzene rings is 1. The van der Waals surface area contributed by atoms with E-state index in [1.54, 1.807) is 0 Å². The van der Waals surface area contributed by atoms with Gasteiger partial charge in [-0.25, -0.2) is 4.98 Å². The lowest BCUT2D eigenvalue weighted by atomic mass is 9.85. The van der Waals surface area contributed by atoms with Gasteiger partial charge in [-0.15, -0.1) is 11.3 Å². The molecule has 1 aromatic carbocycles. The Morgan fingerprint density at radius 1 is 0.923 bits per heavy atom. The van der Waals surface area contributed by atoms with Crippen LogP contribution in [0.15, 0.2) is 52.9 Å². The van der Waals surface area contributed by atoms with Crippen molar-refractivity contribution in [3.8, 4) is 0 Å². The molecule has 3 heterocycles. The zero-order valence-corrected chi connectivity index (χ0v) is 16.9. The van der Waals surface area contributed by atoms with E-state index in [9.17, 15) is 0 Å². The fourth-order valence-electron chi connectivity index (χ4n) is 3.28. The van der Waals surface area contributed by atoms with E-state index in [1.807, 2.05) is 11.3 Å². The van der Waals surface area contributed by atoms with Crippen molar-refractivity contribution in [3.63, 3.8) is 0 Å². The molecular weight excluding hydrogens is 338 g/mol. The maximum Gasteiger partial charge on any atom is 0.226 e. The van der Waals surface area contributed by atoms with Crippen LogP contribution in [0.4, 0.5) is 0 Å². The van der Waals surface area contributed by atoms with Crippen molar-refractivity contribution < 1.29 is 4.42 Å². The summed E-state index contributed by atoms with van der Waals surface area (Å²) in [5.41, 5.74) is 1.86. The minimum absolute atomic E-state index is 0.00277. The zero-order valence-electron chi connectivity index (χ0n) is 16.1. The van der Waals surface area contributed by atoms with Gasteiger partial charge >= 0.3 is 0 Å². The number of fused-ring (bicyclic) bond motifs is 2. The van der Waals surface area contributed by atoms with Crippen molar-refractivity contribution >= 4 is 32.5 Å². The minimum Gasteiger partial charge on any atom is -0.442 e. The van der Waals surface area contributed by atoms with Crippen LogP contribution in [-0.2, 0) is 17.3 Å². The second kappa shape index (κ2) is 5.95. The Bertz CT molecular complexity index is 1050. The molecule has 0 atom stereocenters. The van der Waals surface area contributed by atoms with Crippen molar-refractivity contribution in [2.45, 2.75) is 51.9 Å². The van der Waals surface area contributed by atoms with Gasteiger partial charge in [0.15, 0.2) is 0 Å². The quantitative estimate of drug-likeness (QED) is 0.397. The van der Waals surface area contributed by atoms with Crippen molar-refractivity contribution in [3.05, 3.63) is 64.9 Å². The highest BCUT2D eigenvalue weighted by Crippen LogP contribution is 2.37. The van der Waals surface area contributed by atoms with Crippen LogP contribution in [0, 0.1) is 0 Å². The SMILES string of the molecule is CC(C)(C)c1cc2ccc(CC(C)(C)c3cc4ccccc4s3)nc2o1. The maximum absolute atomic E-state index is 6.03. The first-order valence-corrected chi connectivity index (χ1v) is 9.93. The summed E-state index contributed by atoms with van der Waals surface area (Å²) in [4.78, 5) is 6.21. The number of pyridine rings is 1. The topological polar surface area (TPSA) is 26.0 Å². The summed E-state index contributed by atoms with van der Waals surface area (Å²) in [5, 5.41) is 2.41. The highest BCUT2D eigenvalue weighted by Gasteiger charge is 2.25. The molecule has 0 aliphatic heterocycles. The monoisotopic (exact) mass is 363 g/mol. The molecule has 4 rings (SSSR count). The molecule has 0 saturated heterocycles. The van der Waals surface area contributed by atoms with Gasteiger partial charge in [0.1, 0.15) is 5.76 Å². The van der Waals surface area contributed by atoms with Gasteiger partial charge in [0, 0.05) is 31.5 Å². The smallest absolute Gasteiger partial charge is 0.226 e. The van der Waals surface area contributed by atoms with Crippen molar-refractivity contribution in [1.29, 1.82) is 0 Å². The van der Waals surface area contributed by atoms with E-state index < -0.39 is 0 Å². The Hall–Kier alpha value is -2.13. The molecule has 3 aromatic heterocycles. The van der Waals surface area contributed by atoms with E-state index in [0.717, 1.165) is 29.0 Å². The van der Waals surface area contributed by atoms with Gasteiger partial charge in [-0.05, 0) is 42.1 Å². The second-order valence-corrected chi connectivity index (χ2v) is 9.85. The lowest BCUT2D eigenvalue weighted by Gasteiger charge is -2.22. The molecule has 0 aliphatic rings. The van der Waals surface area contributed by atoms with Crippen molar-refractivity contribution in [1.82, 2.24) is 4.98 Å². The van der Waals surface area contributed by atoms with Crippen LogP contribution >= 0.6 is 11.3 Å². The highest BCUT2D eigenvalue weighted by molar-refractivity contribution is 7.19. The van der Waals surface area contributed by atoms with Crippen LogP contribution in [-0.4, -0.2) is 4.98 Å². The summed E-state index contributed by atoms with van der Waals surface area (Å²) in [6, 6.07) is 17.3. The third-order valence-corrected chi connectivity index (χ3v) is 6.38. The first-order valence-electron chi connectivity index (χ1n) is 9.11. The van der Waals surface area contributed by atoms with Gasteiger partial charge in [-0.2, -0.15) is 0 Å². The van der Waals surface area contributed by atoms with Gasteiger partial charge in [0.2, 0.25) is 5.71 Å². The third-order valence-electron chi connectivity index (χ3n) is 4.90. The van der Waals surface area contributed by atoms with Crippen LogP contribution in [0.1, 0.15) is 51.0 Å². The zero-order chi connectivity index (χ0) is 18.5. The van der Waals surface area contributed by atoms with Crippen molar-refractivity contribution in [2.24, 2.45) is 0 Å². The van der Waals surface area contributed by atoms with E-state index in [4.69, 9.17) is 9.40 Å². The minimum atomic E-state index is -0.00277.